The van der Waals surface area contributed by atoms with E-state index >= 15 is 0 Å². The van der Waals surface area contributed by atoms with Crippen molar-refractivity contribution in [2.75, 3.05) is 22.9 Å². The van der Waals surface area contributed by atoms with E-state index in [1.54, 1.807) is 0 Å². The van der Waals surface area contributed by atoms with Crippen LogP contribution in [0.5, 0.6) is 0 Å². The fourth-order valence-corrected chi connectivity index (χ4v) is 4.63. The van der Waals surface area contributed by atoms with Crippen LogP contribution in [0.2, 0.25) is 0 Å². The van der Waals surface area contributed by atoms with E-state index in [0.29, 0.717) is 0 Å². The quantitative estimate of drug-likeness (QED) is 0.401. The van der Waals surface area contributed by atoms with Crippen LogP contribution in [0.3, 0.4) is 0 Å². The van der Waals surface area contributed by atoms with E-state index < -0.39 is 10.8 Å². The summed E-state index contributed by atoms with van der Waals surface area (Å²) in [6, 6.07) is 12.3. The Bertz CT molecular complexity index is 1070. The van der Waals surface area contributed by atoms with Gasteiger partial charge in [-0.1, -0.05) is 83.1 Å². The van der Waals surface area contributed by atoms with Crippen molar-refractivity contribution in [3.8, 4) is 0 Å². The lowest BCUT2D eigenvalue weighted by Crippen LogP contribution is -2.38. The summed E-state index contributed by atoms with van der Waals surface area (Å²) >= 11 is 0. The number of hydrogen-bond donors (Lipinski definition) is 0. The van der Waals surface area contributed by atoms with Crippen LogP contribution in [-0.4, -0.2) is 24.7 Å². The van der Waals surface area contributed by atoms with E-state index in [1.165, 1.54) is 0 Å². The van der Waals surface area contributed by atoms with E-state index in [0.717, 1.165) is 47.0 Å². The number of carbonyl (C=O) groups is 2. The third kappa shape index (κ3) is 6.02. The van der Waals surface area contributed by atoms with E-state index in [1.807, 2.05) is 53.7 Å². The average Bonchev–Trinajstić information content (AvgIpc) is 2.71. The monoisotopic (exact) mass is 490 g/mol. The molecule has 2 aromatic rings. The van der Waals surface area contributed by atoms with Gasteiger partial charge in [0.25, 0.3) is 0 Å². The summed E-state index contributed by atoms with van der Waals surface area (Å²) in [4.78, 5) is 31.2. The van der Waals surface area contributed by atoms with Gasteiger partial charge >= 0.3 is 0 Å². The summed E-state index contributed by atoms with van der Waals surface area (Å²) in [5, 5.41) is 0. The van der Waals surface area contributed by atoms with Crippen LogP contribution in [-0.2, 0) is 0 Å². The number of rotatable bonds is 4. The van der Waals surface area contributed by atoms with Crippen molar-refractivity contribution >= 4 is 34.3 Å². The second-order valence-electron chi connectivity index (χ2n) is 14.9. The summed E-state index contributed by atoms with van der Waals surface area (Å²) in [5.41, 5.74) is 4.84. The van der Waals surface area contributed by atoms with Gasteiger partial charge in [0.05, 0.1) is 22.7 Å². The molecule has 0 saturated heterocycles. The lowest BCUT2D eigenvalue weighted by atomic mass is 9.84. The van der Waals surface area contributed by atoms with Crippen LogP contribution >= 0.6 is 0 Å². The first kappa shape index (κ1) is 28.0. The van der Waals surface area contributed by atoms with Crippen molar-refractivity contribution in [2.24, 2.45) is 21.7 Å². The third-order valence-electron chi connectivity index (χ3n) is 6.27. The molecule has 0 spiro atoms. The van der Waals surface area contributed by atoms with Gasteiger partial charge in [-0.15, -0.1) is 0 Å². The molecule has 0 radical (unpaired) electrons. The van der Waals surface area contributed by atoms with Crippen LogP contribution < -0.4 is 9.80 Å². The molecule has 0 amide bonds. The Kier molecular flexibility index (Phi) is 7.02. The highest BCUT2D eigenvalue weighted by Crippen LogP contribution is 2.51. The van der Waals surface area contributed by atoms with Crippen LogP contribution in [0.4, 0.5) is 22.7 Å². The zero-order valence-corrected chi connectivity index (χ0v) is 24.6. The number of ketones is 2. The number of benzene rings is 2. The number of nitrogens with zero attached hydrogens (tertiary/aromatic N) is 2. The van der Waals surface area contributed by atoms with E-state index in [2.05, 4.69) is 75.6 Å². The molecule has 0 unspecified atom stereocenters. The smallest absolute Gasteiger partial charge is 0.168 e. The fourth-order valence-electron chi connectivity index (χ4n) is 4.63. The van der Waals surface area contributed by atoms with Crippen LogP contribution in [0, 0.1) is 21.7 Å². The highest BCUT2D eigenvalue weighted by molar-refractivity contribution is 6.05. The third-order valence-corrected chi connectivity index (χ3v) is 6.27. The minimum absolute atomic E-state index is 0.0185. The molecule has 1 aliphatic rings. The standard InChI is InChI=1S/C32H46N2O2/c1-29(2,3)19-33-23-15-13-22(28(36)32(10,11)12)18-26(23)34(20-30(4,5)6)24-16-14-21(17-25(24)33)27(35)31(7,8)9/h13-18H,19-20H2,1-12H3. The minimum Gasteiger partial charge on any atom is -0.338 e. The normalized spacial score (nSPS) is 14.4. The molecule has 3 rings (SSSR count). The molecule has 0 saturated carbocycles. The maximum Gasteiger partial charge on any atom is 0.168 e. The topological polar surface area (TPSA) is 40.6 Å². The average molecular weight is 491 g/mol. The first-order chi connectivity index (χ1) is 16.2. The van der Waals surface area contributed by atoms with Gasteiger partial charge in [-0.05, 0) is 47.2 Å². The first-order valence-corrected chi connectivity index (χ1v) is 13.1. The first-order valence-electron chi connectivity index (χ1n) is 13.1. The molecule has 0 aliphatic carbocycles. The molecule has 1 heterocycles. The molecule has 0 bridgehead atoms. The molecular weight excluding hydrogens is 444 g/mol. The zero-order valence-electron chi connectivity index (χ0n) is 24.6. The van der Waals surface area contributed by atoms with E-state index in [-0.39, 0.29) is 22.4 Å². The summed E-state index contributed by atoms with van der Waals surface area (Å²) in [6.45, 7) is 26.8. The maximum absolute atomic E-state index is 13.2. The Labute approximate surface area is 219 Å². The lowest BCUT2D eigenvalue weighted by molar-refractivity contribution is 0.0852. The maximum atomic E-state index is 13.2. The molecule has 4 nitrogen and oxygen atoms in total. The molecule has 0 atom stereocenters. The molecule has 0 fully saturated rings. The van der Waals surface area contributed by atoms with Gasteiger partial charge < -0.3 is 9.80 Å². The molecule has 36 heavy (non-hydrogen) atoms. The van der Waals surface area contributed by atoms with Gasteiger partial charge in [-0.2, -0.15) is 0 Å². The lowest BCUT2D eigenvalue weighted by Gasteiger charge is -2.44. The zero-order chi connectivity index (χ0) is 27.4. The van der Waals surface area contributed by atoms with Crippen molar-refractivity contribution in [1.29, 1.82) is 0 Å². The summed E-state index contributed by atoms with van der Waals surface area (Å²) in [5.74, 6) is 0.278. The molecule has 1 aliphatic heterocycles. The molecule has 0 N–H and O–H groups in total. The van der Waals surface area contributed by atoms with Gasteiger partial charge in [-0.25, -0.2) is 0 Å². The van der Waals surface area contributed by atoms with Gasteiger partial charge in [0, 0.05) is 35.0 Å². The van der Waals surface area contributed by atoms with Crippen LogP contribution in [0.25, 0.3) is 0 Å². The Morgan fingerprint density at radius 2 is 0.833 bits per heavy atom. The van der Waals surface area contributed by atoms with Crippen molar-refractivity contribution in [3.05, 3.63) is 47.5 Å². The highest BCUT2D eigenvalue weighted by Gasteiger charge is 2.35. The van der Waals surface area contributed by atoms with Gasteiger partial charge in [0.15, 0.2) is 11.6 Å². The highest BCUT2D eigenvalue weighted by atomic mass is 16.1. The number of hydrogen-bond acceptors (Lipinski definition) is 4. The minimum atomic E-state index is -0.455. The van der Waals surface area contributed by atoms with Crippen molar-refractivity contribution in [2.45, 2.75) is 83.1 Å². The number of fused-ring (bicyclic) bond motifs is 2. The van der Waals surface area contributed by atoms with Crippen LogP contribution in [0.15, 0.2) is 36.4 Å². The Morgan fingerprint density at radius 1 is 0.528 bits per heavy atom. The largest absolute Gasteiger partial charge is 0.338 e. The van der Waals surface area contributed by atoms with Crippen LogP contribution in [0.1, 0.15) is 104 Å². The SMILES string of the molecule is CC(C)(C)CN1c2ccc(C(=O)C(C)(C)C)cc2N(CC(C)(C)C)c2ccc(C(=O)C(C)(C)C)cc21. The van der Waals surface area contributed by atoms with Gasteiger partial charge in [-0.3, -0.25) is 9.59 Å². The molecule has 0 aromatic heterocycles. The number of carbonyl (C=O) groups excluding carboxylic acids is 2. The Balaban J connectivity index is 2.30. The molecule has 196 valence electrons. The number of Topliss-reactive ketones (excluding diaryl/α,β-unsaturated/α-hetero) is 2. The molecule has 4 heteroatoms. The van der Waals surface area contributed by atoms with Gasteiger partial charge in [0.1, 0.15) is 0 Å². The summed E-state index contributed by atoms with van der Waals surface area (Å²) in [6.07, 6.45) is 0. The van der Waals surface area contributed by atoms with Crippen molar-refractivity contribution in [1.82, 2.24) is 0 Å². The van der Waals surface area contributed by atoms with Crippen molar-refractivity contribution < 1.29 is 9.59 Å². The van der Waals surface area contributed by atoms with E-state index in [4.69, 9.17) is 0 Å². The Hall–Kier alpha value is -2.62. The van der Waals surface area contributed by atoms with E-state index in [9.17, 15) is 9.59 Å². The fraction of sp³-hybridized carbons (Fsp3) is 0.562. The summed E-state index contributed by atoms with van der Waals surface area (Å²) in [7, 11) is 0. The Morgan fingerprint density at radius 3 is 1.08 bits per heavy atom. The predicted molar refractivity (Wildman–Crippen MR) is 153 cm³/mol. The van der Waals surface area contributed by atoms with Crippen molar-refractivity contribution in [3.63, 3.8) is 0 Å². The molecule has 2 aromatic carbocycles. The van der Waals surface area contributed by atoms with Gasteiger partial charge in [0.2, 0.25) is 0 Å². The predicted octanol–water partition coefficient (Wildman–Crippen LogP) is 8.83. The number of anilines is 4. The second kappa shape index (κ2) is 9.04. The molecular formula is C32H46N2O2. The second-order valence-corrected chi connectivity index (χ2v) is 14.9. The summed E-state index contributed by atoms with van der Waals surface area (Å²) < 4.78 is 0.